The number of ketones is 1. The maximum absolute atomic E-state index is 13.6. The zero-order valence-electron chi connectivity index (χ0n) is 21.3. The lowest BCUT2D eigenvalue weighted by Gasteiger charge is -2.29. The van der Waals surface area contributed by atoms with Crippen molar-refractivity contribution in [1.82, 2.24) is 4.90 Å². The van der Waals surface area contributed by atoms with Gasteiger partial charge in [-0.05, 0) is 50.5 Å². The maximum Gasteiger partial charge on any atom is 0.295 e. The van der Waals surface area contributed by atoms with Crippen LogP contribution in [0.15, 0.2) is 48.0 Å². The van der Waals surface area contributed by atoms with Gasteiger partial charge in [-0.15, -0.1) is 0 Å². The van der Waals surface area contributed by atoms with Crippen LogP contribution >= 0.6 is 0 Å². The van der Waals surface area contributed by atoms with Gasteiger partial charge in [-0.25, -0.2) is 0 Å². The molecule has 1 heterocycles. The minimum absolute atomic E-state index is 0.0160. The van der Waals surface area contributed by atoms with E-state index in [1.54, 1.807) is 31.4 Å². The zero-order valence-corrected chi connectivity index (χ0v) is 21.3. The highest BCUT2D eigenvalue weighted by Crippen LogP contribution is 2.41. The number of likely N-dealkylation sites (N-methyl/N-ethyl adjacent to an activating group) is 1. The van der Waals surface area contributed by atoms with Gasteiger partial charge in [-0.2, -0.15) is 0 Å². The van der Waals surface area contributed by atoms with Gasteiger partial charge in [-0.3, -0.25) is 9.59 Å². The Balaban J connectivity index is 2.12. The molecule has 2 aromatic carbocycles. The van der Waals surface area contributed by atoms with Crippen molar-refractivity contribution in [3.05, 3.63) is 64.7 Å². The summed E-state index contributed by atoms with van der Waals surface area (Å²) in [4.78, 5) is 29.2. The summed E-state index contributed by atoms with van der Waals surface area (Å²) in [7, 11) is 1.55. The van der Waals surface area contributed by atoms with Gasteiger partial charge in [0.2, 0.25) is 5.78 Å². The van der Waals surface area contributed by atoms with Gasteiger partial charge < -0.3 is 24.4 Å². The van der Waals surface area contributed by atoms with E-state index >= 15 is 0 Å². The van der Waals surface area contributed by atoms with Gasteiger partial charge in [0.15, 0.2) is 11.5 Å². The molecule has 1 saturated heterocycles. The highest BCUT2D eigenvalue weighted by Gasteiger charge is 2.44. The molecule has 0 bridgehead atoms. The smallest absolute Gasteiger partial charge is 0.295 e. The topological polar surface area (TPSA) is 83.3 Å². The molecule has 1 aliphatic heterocycles. The molecule has 3 rings (SSSR count). The first-order valence-corrected chi connectivity index (χ1v) is 12.3. The molecule has 188 valence electrons. The number of benzene rings is 2. The van der Waals surface area contributed by atoms with Gasteiger partial charge in [0.1, 0.15) is 0 Å². The summed E-state index contributed by atoms with van der Waals surface area (Å²) < 4.78 is 11.3. The molecule has 1 amide bonds. The second-order valence-electron chi connectivity index (χ2n) is 8.80. The van der Waals surface area contributed by atoms with Crippen LogP contribution in [0.2, 0.25) is 0 Å². The van der Waals surface area contributed by atoms with Crippen LogP contribution in [0, 0.1) is 6.92 Å². The second-order valence-corrected chi connectivity index (χ2v) is 8.80. The van der Waals surface area contributed by atoms with E-state index in [4.69, 9.17) is 9.47 Å². The van der Waals surface area contributed by atoms with E-state index in [-0.39, 0.29) is 5.57 Å². The van der Waals surface area contributed by atoms with E-state index in [0.29, 0.717) is 42.3 Å². The van der Waals surface area contributed by atoms with Crippen molar-refractivity contribution in [2.24, 2.45) is 0 Å². The number of quaternary nitrogens is 1. The van der Waals surface area contributed by atoms with Crippen LogP contribution in [0.5, 0.6) is 11.5 Å². The molecular weight excluding hydrogens is 444 g/mol. The molecule has 0 spiro atoms. The Hall–Kier alpha value is -3.32. The third-order valence-corrected chi connectivity index (χ3v) is 6.51. The van der Waals surface area contributed by atoms with Gasteiger partial charge in [0.05, 0.1) is 45.9 Å². The number of hydrogen-bond acceptors (Lipinski definition) is 5. The third-order valence-electron chi connectivity index (χ3n) is 6.51. The van der Waals surface area contributed by atoms with Gasteiger partial charge in [0, 0.05) is 5.57 Å². The maximum atomic E-state index is 13.6. The standard InChI is InChI=1S/C28H36N2O5/c1-6-17-35-22-14-13-21(18-23(22)34-5)25-24(26(31)20-11-9-19(4)10-12-20)27(32)28(33)30(25)16-15-29(7-2)8-3/h9-14,18,25,31H,6-8,15-17H2,1-5H3. The minimum atomic E-state index is -0.784. The molecule has 1 N–H and O–H groups in total. The van der Waals surface area contributed by atoms with Crippen molar-refractivity contribution in [3.8, 4) is 11.5 Å². The molecule has 7 heteroatoms. The van der Waals surface area contributed by atoms with E-state index in [0.717, 1.165) is 25.1 Å². The quantitative estimate of drug-likeness (QED) is 0.302. The van der Waals surface area contributed by atoms with Crippen molar-refractivity contribution in [2.45, 2.75) is 40.2 Å². The summed E-state index contributed by atoms with van der Waals surface area (Å²) in [6.07, 6.45) is 0.848. The van der Waals surface area contributed by atoms with Gasteiger partial charge in [0.25, 0.3) is 5.91 Å². The largest absolute Gasteiger partial charge is 0.872 e. The van der Waals surface area contributed by atoms with Crippen LogP contribution < -0.4 is 19.5 Å². The number of nitrogens with zero attached hydrogens (tertiary/aromatic N) is 1. The molecular formula is C28H36N2O5. The van der Waals surface area contributed by atoms with Crippen molar-refractivity contribution < 1.29 is 29.1 Å². The number of amides is 1. The van der Waals surface area contributed by atoms with E-state index in [1.165, 1.54) is 9.80 Å². The number of Topliss-reactive ketones (excluding diaryl/α,β-unsaturated/α-hetero) is 1. The molecule has 35 heavy (non-hydrogen) atoms. The van der Waals surface area contributed by atoms with Gasteiger partial charge >= 0.3 is 0 Å². The number of carbonyl (C=O) groups excluding carboxylic acids is 2. The molecule has 7 nitrogen and oxygen atoms in total. The van der Waals surface area contributed by atoms with Gasteiger partial charge in [-0.1, -0.05) is 48.6 Å². The van der Waals surface area contributed by atoms with E-state index in [2.05, 4.69) is 13.8 Å². The third kappa shape index (κ3) is 5.68. The van der Waals surface area contributed by atoms with Crippen molar-refractivity contribution in [1.29, 1.82) is 0 Å². The number of aryl methyl sites for hydroxylation is 1. The number of hydrogen-bond donors (Lipinski definition) is 1. The Bertz CT molecular complexity index is 1070. The molecule has 1 fully saturated rings. The lowest BCUT2D eigenvalue weighted by atomic mass is 9.94. The Morgan fingerprint density at radius 3 is 2.31 bits per heavy atom. The molecule has 1 unspecified atom stereocenters. The SMILES string of the molecule is CCCOc1ccc(C2C(=C([O-])c3ccc(C)cc3)C(=O)C(=O)N2CC[NH+](CC)CC)cc1OC. The molecule has 0 radical (unpaired) electrons. The van der Waals surface area contributed by atoms with Crippen molar-refractivity contribution in [3.63, 3.8) is 0 Å². The highest BCUT2D eigenvalue weighted by atomic mass is 16.5. The van der Waals surface area contributed by atoms with Crippen LogP contribution in [0.25, 0.3) is 5.76 Å². The highest BCUT2D eigenvalue weighted by molar-refractivity contribution is 6.46. The Morgan fingerprint density at radius 2 is 1.71 bits per heavy atom. The lowest BCUT2D eigenvalue weighted by molar-refractivity contribution is -0.895. The molecule has 0 aliphatic carbocycles. The number of rotatable bonds is 11. The van der Waals surface area contributed by atoms with Crippen molar-refractivity contribution in [2.75, 3.05) is 39.9 Å². The first-order chi connectivity index (χ1) is 16.9. The van der Waals surface area contributed by atoms with Crippen molar-refractivity contribution >= 4 is 17.4 Å². The summed E-state index contributed by atoms with van der Waals surface area (Å²) in [5, 5.41) is 13.6. The van der Waals surface area contributed by atoms with E-state index < -0.39 is 23.5 Å². The summed E-state index contributed by atoms with van der Waals surface area (Å²) in [5.41, 5.74) is 2.03. The normalized spacial score (nSPS) is 17.3. The van der Waals surface area contributed by atoms with E-state index in [1.807, 2.05) is 32.0 Å². The van der Waals surface area contributed by atoms with Crippen LogP contribution in [0.4, 0.5) is 0 Å². The minimum Gasteiger partial charge on any atom is -0.872 e. The molecule has 0 saturated carbocycles. The summed E-state index contributed by atoms with van der Waals surface area (Å²) in [5.74, 6) is -0.711. The average Bonchev–Trinajstić information content (AvgIpc) is 3.13. The lowest BCUT2D eigenvalue weighted by Crippen LogP contribution is -3.12. The van der Waals surface area contributed by atoms with Crippen LogP contribution in [0.3, 0.4) is 0 Å². The van der Waals surface area contributed by atoms with E-state index in [9.17, 15) is 14.7 Å². The summed E-state index contributed by atoms with van der Waals surface area (Å²) in [6.45, 7) is 11.5. The van der Waals surface area contributed by atoms with Crippen LogP contribution in [-0.4, -0.2) is 56.5 Å². The number of likely N-dealkylation sites (tertiary alicyclic amines) is 1. The summed E-state index contributed by atoms with van der Waals surface area (Å²) in [6, 6.07) is 11.6. The molecule has 0 aromatic heterocycles. The fourth-order valence-electron chi connectivity index (χ4n) is 4.38. The average molecular weight is 481 g/mol. The number of carbonyl (C=O) groups is 2. The Morgan fingerprint density at radius 1 is 1.03 bits per heavy atom. The summed E-state index contributed by atoms with van der Waals surface area (Å²) >= 11 is 0. The molecule has 1 atom stereocenters. The zero-order chi connectivity index (χ0) is 25.5. The Kier molecular flexibility index (Phi) is 8.93. The first kappa shape index (κ1) is 26.3. The predicted octanol–water partition coefficient (Wildman–Crippen LogP) is 1.94. The van der Waals surface area contributed by atoms with Crippen LogP contribution in [-0.2, 0) is 9.59 Å². The Labute approximate surface area is 207 Å². The monoisotopic (exact) mass is 480 g/mol. The first-order valence-electron chi connectivity index (χ1n) is 12.3. The fraction of sp³-hybridized carbons (Fsp3) is 0.429. The fourth-order valence-corrected chi connectivity index (χ4v) is 4.38. The molecule has 1 aliphatic rings. The predicted molar refractivity (Wildman–Crippen MR) is 133 cm³/mol. The number of nitrogens with one attached hydrogen (secondary N) is 1. The second kappa shape index (κ2) is 11.9. The molecule has 2 aromatic rings. The number of ether oxygens (including phenoxy) is 2. The van der Waals surface area contributed by atoms with Crippen LogP contribution in [0.1, 0.15) is 49.9 Å². The number of methoxy groups -OCH3 is 1.